The molecule has 0 radical (unpaired) electrons. The maximum absolute atomic E-state index is 11.7. The first-order valence-corrected chi connectivity index (χ1v) is 7.50. The van der Waals surface area contributed by atoms with E-state index in [-0.39, 0.29) is 17.9 Å². The number of sulfonamides is 1. The molecule has 96 valence electrons. The van der Waals surface area contributed by atoms with Gasteiger partial charge in [0, 0.05) is 12.6 Å². The van der Waals surface area contributed by atoms with Crippen LogP contribution in [0.4, 0.5) is 0 Å². The molecule has 0 amide bonds. The summed E-state index contributed by atoms with van der Waals surface area (Å²) in [6.45, 7) is 3.14. The van der Waals surface area contributed by atoms with E-state index in [0.717, 1.165) is 25.7 Å². The molecule has 3 N–H and O–H groups in total. The zero-order valence-electron chi connectivity index (χ0n) is 9.81. The van der Waals surface area contributed by atoms with Crippen LogP contribution in [-0.2, 0) is 14.8 Å². The molecule has 0 aromatic heterocycles. The lowest BCUT2D eigenvalue weighted by Gasteiger charge is -2.15. The zero-order chi connectivity index (χ0) is 12.0. The van der Waals surface area contributed by atoms with Crippen LogP contribution in [-0.4, -0.2) is 39.5 Å². The zero-order valence-corrected chi connectivity index (χ0v) is 10.6. The highest BCUT2D eigenvalue weighted by atomic mass is 32.2. The lowest BCUT2D eigenvalue weighted by molar-refractivity contribution is 0.127. The molecule has 5 nitrogen and oxygen atoms in total. The van der Waals surface area contributed by atoms with E-state index in [9.17, 15) is 8.42 Å². The highest BCUT2D eigenvalue weighted by Crippen LogP contribution is 2.13. The number of nitrogens with two attached hydrogens (primary N) is 1. The molecular formula is C10H22N2O3S. The van der Waals surface area contributed by atoms with Crippen LogP contribution in [0.5, 0.6) is 0 Å². The average molecular weight is 250 g/mol. The Hall–Kier alpha value is -0.170. The topological polar surface area (TPSA) is 81.4 Å². The minimum absolute atomic E-state index is 0.0463. The first-order chi connectivity index (χ1) is 7.53. The van der Waals surface area contributed by atoms with Crippen LogP contribution in [0, 0.1) is 0 Å². The van der Waals surface area contributed by atoms with E-state index in [2.05, 4.69) is 4.72 Å². The monoisotopic (exact) mass is 250 g/mol. The molecule has 1 heterocycles. The summed E-state index contributed by atoms with van der Waals surface area (Å²) >= 11 is 0. The van der Waals surface area contributed by atoms with Gasteiger partial charge in [-0.25, -0.2) is 13.1 Å². The standard InChI is InChI=1S/C10H22N2O3S/c1-9(4-2-6-11)12-16(13,14)8-10-5-3-7-15-10/h9-10,12H,2-8,11H2,1H3. The van der Waals surface area contributed by atoms with E-state index in [0.29, 0.717) is 13.2 Å². The number of nitrogens with one attached hydrogen (secondary N) is 1. The fourth-order valence-corrected chi connectivity index (χ4v) is 3.44. The van der Waals surface area contributed by atoms with Crippen LogP contribution in [0.3, 0.4) is 0 Å². The van der Waals surface area contributed by atoms with Gasteiger partial charge in [-0.05, 0) is 39.2 Å². The minimum atomic E-state index is -3.21. The van der Waals surface area contributed by atoms with E-state index in [1.54, 1.807) is 0 Å². The van der Waals surface area contributed by atoms with Gasteiger partial charge in [0.25, 0.3) is 0 Å². The SMILES string of the molecule is CC(CCCN)NS(=O)(=O)CC1CCCO1. The molecule has 1 saturated heterocycles. The van der Waals surface area contributed by atoms with Crippen LogP contribution >= 0.6 is 0 Å². The third-order valence-electron chi connectivity index (χ3n) is 2.65. The number of rotatable bonds is 7. The Morgan fingerprint density at radius 1 is 1.56 bits per heavy atom. The van der Waals surface area contributed by atoms with E-state index < -0.39 is 10.0 Å². The second-order valence-corrected chi connectivity index (χ2v) is 6.16. The number of ether oxygens (including phenoxy) is 1. The summed E-state index contributed by atoms with van der Waals surface area (Å²) < 4.78 is 31.4. The highest BCUT2D eigenvalue weighted by Gasteiger charge is 2.24. The molecule has 2 unspecified atom stereocenters. The quantitative estimate of drug-likeness (QED) is 0.677. The molecule has 1 rings (SSSR count). The first-order valence-electron chi connectivity index (χ1n) is 5.85. The molecule has 0 aromatic carbocycles. The summed E-state index contributed by atoms with van der Waals surface area (Å²) in [4.78, 5) is 0. The molecule has 1 fully saturated rings. The molecule has 0 saturated carbocycles. The lowest BCUT2D eigenvalue weighted by atomic mass is 10.2. The van der Waals surface area contributed by atoms with Gasteiger partial charge in [0.2, 0.25) is 10.0 Å². The largest absolute Gasteiger partial charge is 0.377 e. The van der Waals surface area contributed by atoms with Gasteiger partial charge in [0.15, 0.2) is 0 Å². The number of hydrogen-bond acceptors (Lipinski definition) is 4. The molecule has 0 spiro atoms. The third-order valence-corrected chi connectivity index (χ3v) is 4.22. The Kier molecular flexibility index (Phi) is 5.68. The van der Waals surface area contributed by atoms with Crippen molar-refractivity contribution in [1.29, 1.82) is 0 Å². The van der Waals surface area contributed by atoms with Crippen molar-refractivity contribution in [2.24, 2.45) is 5.73 Å². The maximum Gasteiger partial charge on any atom is 0.214 e. The fourth-order valence-electron chi connectivity index (χ4n) is 1.86. The highest BCUT2D eigenvalue weighted by molar-refractivity contribution is 7.89. The van der Waals surface area contributed by atoms with E-state index in [4.69, 9.17) is 10.5 Å². The van der Waals surface area contributed by atoms with Crippen molar-refractivity contribution in [3.8, 4) is 0 Å². The molecule has 0 aromatic rings. The smallest absolute Gasteiger partial charge is 0.214 e. The number of hydrogen-bond donors (Lipinski definition) is 2. The fraction of sp³-hybridized carbons (Fsp3) is 1.00. The van der Waals surface area contributed by atoms with Crippen LogP contribution in [0.1, 0.15) is 32.6 Å². The summed E-state index contributed by atoms with van der Waals surface area (Å²) in [6, 6.07) is -0.0463. The van der Waals surface area contributed by atoms with Crippen LogP contribution < -0.4 is 10.5 Å². The Labute approximate surface area is 97.8 Å². The van der Waals surface area contributed by atoms with Gasteiger partial charge < -0.3 is 10.5 Å². The molecule has 6 heteroatoms. The molecule has 0 aliphatic carbocycles. The van der Waals surface area contributed by atoms with Gasteiger partial charge in [0.1, 0.15) is 0 Å². The van der Waals surface area contributed by atoms with Gasteiger partial charge in [-0.15, -0.1) is 0 Å². The molecule has 1 aliphatic rings. The molecular weight excluding hydrogens is 228 g/mol. The normalized spacial score (nSPS) is 23.5. The lowest BCUT2D eigenvalue weighted by Crippen LogP contribution is -2.37. The van der Waals surface area contributed by atoms with Gasteiger partial charge in [-0.3, -0.25) is 0 Å². The summed E-state index contributed by atoms with van der Waals surface area (Å²) in [5.41, 5.74) is 5.38. The molecule has 2 atom stereocenters. The molecule has 1 aliphatic heterocycles. The van der Waals surface area contributed by atoms with Crippen molar-refractivity contribution in [3.63, 3.8) is 0 Å². The van der Waals surface area contributed by atoms with Crippen molar-refractivity contribution in [3.05, 3.63) is 0 Å². The van der Waals surface area contributed by atoms with Crippen LogP contribution in [0.15, 0.2) is 0 Å². The van der Waals surface area contributed by atoms with E-state index in [1.807, 2.05) is 6.92 Å². The van der Waals surface area contributed by atoms with Crippen molar-refractivity contribution in [2.75, 3.05) is 18.9 Å². The van der Waals surface area contributed by atoms with Crippen LogP contribution in [0.25, 0.3) is 0 Å². The van der Waals surface area contributed by atoms with Crippen molar-refractivity contribution in [1.82, 2.24) is 4.72 Å². The van der Waals surface area contributed by atoms with Gasteiger partial charge >= 0.3 is 0 Å². The van der Waals surface area contributed by atoms with Gasteiger partial charge in [-0.2, -0.15) is 0 Å². The Bertz CT molecular complexity index is 286. The van der Waals surface area contributed by atoms with Gasteiger partial charge in [-0.1, -0.05) is 0 Å². The maximum atomic E-state index is 11.7. The van der Waals surface area contributed by atoms with E-state index >= 15 is 0 Å². The average Bonchev–Trinajstić information content (AvgIpc) is 2.65. The Balaban J connectivity index is 2.32. The minimum Gasteiger partial charge on any atom is -0.377 e. The summed E-state index contributed by atoms with van der Waals surface area (Å²) in [7, 11) is -3.21. The third kappa shape index (κ3) is 5.25. The second kappa shape index (κ2) is 6.54. The first kappa shape index (κ1) is 13.9. The molecule has 0 bridgehead atoms. The Morgan fingerprint density at radius 3 is 2.88 bits per heavy atom. The summed E-state index contributed by atoms with van der Waals surface area (Å²) in [5, 5.41) is 0. The molecule has 16 heavy (non-hydrogen) atoms. The summed E-state index contributed by atoms with van der Waals surface area (Å²) in [5.74, 6) is 0.0833. The summed E-state index contributed by atoms with van der Waals surface area (Å²) in [6.07, 6.45) is 3.30. The second-order valence-electron chi connectivity index (χ2n) is 4.37. The Morgan fingerprint density at radius 2 is 2.31 bits per heavy atom. The predicted octanol–water partition coefficient (Wildman–Crippen LogP) is 0.212. The van der Waals surface area contributed by atoms with Crippen molar-refractivity contribution >= 4 is 10.0 Å². The van der Waals surface area contributed by atoms with E-state index in [1.165, 1.54) is 0 Å². The van der Waals surface area contributed by atoms with Crippen molar-refractivity contribution in [2.45, 2.75) is 44.8 Å². The van der Waals surface area contributed by atoms with Gasteiger partial charge in [0.05, 0.1) is 11.9 Å². The van der Waals surface area contributed by atoms with Crippen LogP contribution in [0.2, 0.25) is 0 Å². The predicted molar refractivity (Wildman–Crippen MR) is 63.6 cm³/mol. The van der Waals surface area contributed by atoms with Crippen molar-refractivity contribution < 1.29 is 13.2 Å².